The van der Waals surface area contributed by atoms with E-state index in [-0.39, 0.29) is 12.5 Å². The first-order valence-corrected chi connectivity index (χ1v) is 9.27. The van der Waals surface area contributed by atoms with Gasteiger partial charge in [0.25, 0.3) is 5.91 Å². The van der Waals surface area contributed by atoms with Gasteiger partial charge in [0, 0.05) is 25.3 Å². The molecule has 0 unspecified atom stereocenters. The van der Waals surface area contributed by atoms with Gasteiger partial charge >= 0.3 is 5.97 Å². The average Bonchev–Trinajstić information content (AvgIpc) is 2.90. The van der Waals surface area contributed by atoms with Gasteiger partial charge in [0.15, 0.2) is 0 Å². The summed E-state index contributed by atoms with van der Waals surface area (Å²) in [6.45, 7) is 13.0. The summed E-state index contributed by atoms with van der Waals surface area (Å²) in [5.74, 6) is -0.491. The van der Waals surface area contributed by atoms with Gasteiger partial charge in [-0.2, -0.15) is 0 Å². The van der Waals surface area contributed by atoms with Crippen molar-refractivity contribution in [2.45, 2.75) is 40.8 Å². The van der Waals surface area contributed by atoms with E-state index in [9.17, 15) is 9.59 Å². The Hall–Kier alpha value is -2.82. The second kappa shape index (κ2) is 9.21. The van der Waals surface area contributed by atoms with Crippen LogP contribution in [0, 0.1) is 13.8 Å². The first kappa shape index (κ1) is 20.5. The predicted octanol–water partition coefficient (Wildman–Crippen LogP) is 4.13. The minimum absolute atomic E-state index is 0.0790. The van der Waals surface area contributed by atoms with Crippen molar-refractivity contribution >= 4 is 11.9 Å². The summed E-state index contributed by atoms with van der Waals surface area (Å²) >= 11 is 0. The highest BCUT2D eigenvalue weighted by Gasteiger charge is 2.28. The SMILES string of the molecule is C=CCn1c(C)c(C(=O)N(CC)Cc2ccccc2)c(C)c1C(=O)OCC. The Bertz CT molecular complexity index is 822. The smallest absolute Gasteiger partial charge is 0.355 e. The molecule has 0 fully saturated rings. The summed E-state index contributed by atoms with van der Waals surface area (Å²) in [6.07, 6.45) is 1.71. The van der Waals surface area contributed by atoms with Crippen LogP contribution >= 0.6 is 0 Å². The van der Waals surface area contributed by atoms with Crippen LogP contribution in [0.1, 0.15) is 51.5 Å². The maximum Gasteiger partial charge on any atom is 0.355 e. The standard InChI is InChI=1S/C22H28N2O3/c1-6-14-24-17(5)19(16(4)20(24)22(26)27-8-3)21(25)23(7-2)15-18-12-10-9-11-13-18/h6,9-13H,1,7-8,14-15H2,2-5H3. The third-order valence-electron chi connectivity index (χ3n) is 4.65. The zero-order valence-electron chi connectivity index (χ0n) is 16.6. The fraction of sp³-hybridized carbons (Fsp3) is 0.364. The van der Waals surface area contributed by atoms with Crippen LogP contribution in [0.25, 0.3) is 0 Å². The topological polar surface area (TPSA) is 51.5 Å². The molecule has 2 rings (SSSR count). The van der Waals surface area contributed by atoms with Gasteiger partial charge < -0.3 is 14.2 Å². The fourth-order valence-corrected chi connectivity index (χ4v) is 3.32. The lowest BCUT2D eigenvalue weighted by Crippen LogP contribution is -2.31. The van der Waals surface area contributed by atoms with Gasteiger partial charge in [0.2, 0.25) is 0 Å². The number of ether oxygens (including phenoxy) is 1. The quantitative estimate of drug-likeness (QED) is 0.520. The molecule has 0 aliphatic carbocycles. The van der Waals surface area contributed by atoms with Crippen LogP contribution < -0.4 is 0 Å². The van der Waals surface area contributed by atoms with Gasteiger partial charge in [-0.05, 0) is 38.8 Å². The molecular formula is C22H28N2O3. The van der Waals surface area contributed by atoms with Crippen molar-refractivity contribution in [1.82, 2.24) is 9.47 Å². The molecule has 1 aromatic heterocycles. The van der Waals surface area contributed by atoms with E-state index in [0.29, 0.717) is 36.5 Å². The summed E-state index contributed by atoms with van der Waals surface area (Å²) in [4.78, 5) is 27.6. The number of benzene rings is 1. The molecule has 2 aromatic rings. The average molecular weight is 368 g/mol. The van der Waals surface area contributed by atoms with E-state index in [1.807, 2.05) is 55.7 Å². The molecule has 0 N–H and O–H groups in total. The number of esters is 1. The number of hydrogen-bond donors (Lipinski definition) is 0. The largest absolute Gasteiger partial charge is 0.461 e. The van der Waals surface area contributed by atoms with Crippen LogP contribution in [0.2, 0.25) is 0 Å². The summed E-state index contributed by atoms with van der Waals surface area (Å²) in [5, 5.41) is 0. The van der Waals surface area contributed by atoms with E-state index in [1.165, 1.54) is 0 Å². The molecule has 1 heterocycles. The number of amides is 1. The molecule has 144 valence electrons. The molecule has 0 spiro atoms. The van der Waals surface area contributed by atoms with Crippen LogP contribution in [0.4, 0.5) is 0 Å². The monoisotopic (exact) mass is 368 g/mol. The summed E-state index contributed by atoms with van der Waals surface area (Å²) in [7, 11) is 0. The highest BCUT2D eigenvalue weighted by atomic mass is 16.5. The molecule has 1 amide bonds. The normalized spacial score (nSPS) is 10.5. The Kier molecular flexibility index (Phi) is 6.99. The van der Waals surface area contributed by atoms with Crippen LogP contribution in [0.3, 0.4) is 0 Å². The highest BCUT2D eigenvalue weighted by molar-refractivity contribution is 6.01. The van der Waals surface area contributed by atoms with Crippen molar-refractivity contribution in [3.63, 3.8) is 0 Å². The van der Waals surface area contributed by atoms with Gasteiger partial charge in [0.05, 0.1) is 12.2 Å². The van der Waals surface area contributed by atoms with Gasteiger partial charge in [-0.3, -0.25) is 4.79 Å². The minimum atomic E-state index is -0.412. The first-order chi connectivity index (χ1) is 13.0. The minimum Gasteiger partial charge on any atom is -0.461 e. The zero-order valence-corrected chi connectivity index (χ0v) is 16.6. The summed E-state index contributed by atoms with van der Waals surface area (Å²) in [5.41, 5.74) is 3.47. The van der Waals surface area contributed by atoms with Gasteiger partial charge in [-0.15, -0.1) is 6.58 Å². The van der Waals surface area contributed by atoms with Crippen molar-refractivity contribution in [1.29, 1.82) is 0 Å². The predicted molar refractivity (Wildman–Crippen MR) is 107 cm³/mol. The molecule has 0 saturated carbocycles. The first-order valence-electron chi connectivity index (χ1n) is 9.27. The number of aromatic nitrogens is 1. The lowest BCUT2D eigenvalue weighted by Gasteiger charge is -2.21. The lowest BCUT2D eigenvalue weighted by atomic mass is 10.1. The molecule has 5 nitrogen and oxygen atoms in total. The summed E-state index contributed by atoms with van der Waals surface area (Å²) < 4.78 is 7.02. The van der Waals surface area contributed by atoms with E-state index >= 15 is 0 Å². The fourth-order valence-electron chi connectivity index (χ4n) is 3.32. The van der Waals surface area contributed by atoms with E-state index < -0.39 is 5.97 Å². The lowest BCUT2D eigenvalue weighted by molar-refractivity contribution is 0.0513. The van der Waals surface area contributed by atoms with Crippen LogP contribution in [-0.4, -0.2) is 34.5 Å². The molecular weight excluding hydrogens is 340 g/mol. The Balaban J connectivity index is 2.46. The molecule has 0 aliphatic rings. The van der Waals surface area contributed by atoms with E-state index in [0.717, 1.165) is 11.3 Å². The third kappa shape index (κ3) is 4.30. The molecule has 0 radical (unpaired) electrons. The number of rotatable bonds is 8. The molecule has 5 heteroatoms. The molecule has 0 atom stereocenters. The Labute approximate surface area is 161 Å². The third-order valence-corrected chi connectivity index (χ3v) is 4.65. The summed E-state index contributed by atoms with van der Waals surface area (Å²) in [6, 6.07) is 9.88. The number of hydrogen-bond acceptors (Lipinski definition) is 3. The van der Waals surface area contributed by atoms with Crippen molar-refractivity contribution < 1.29 is 14.3 Å². The molecule has 0 saturated heterocycles. The molecule has 0 bridgehead atoms. The van der Waals surface area contributed by atoms with E-state index in [2.05, 4.69) is 6.58 Å². The van der Waals surface area contributed by atoms with Crippen molar-refractivity contribution in [3.05, 3.63) is 71.1 Å². The zero-order chi connectivity index (χ0) is 20.0. The van der Waals surface area contributed by atoms with Gasteiger partial charge in [-0.25, -0.2) is 4.79 Å². The molecule has 1 aromatic carbocycles. The Morgan fingerprint density at radius 2 is 1.85 bits per heavy atom. The van der Waals surface area contributed by atoms with Crippen LogP contribution in [0.15, 0.2) is 43.0 Å². The Morgan fingerprint density at radius 3 is 2.41 bits per heavy atom. The van der Waals surface area contributed by atoms with Gasteiger partial charge in [0.1, 0.15) is 5.69 Å². The van der Waals surface area contributed by atoms with Crippen molar-refractivity contribution in [3.8, 4) is 0 Å². The van der Waals surface area contributed by atoms with E-state index in [1.54, 1.807) is 17.9 Å². The van der Waals surface area contributed by atoms with E-state index in [4.69, 9.17) is 4.74 Å². The number of nitrogens with zero attached hydrogens (tertiary/aromatic N) is 2. The maximum absolute atomic E-state index is 13.3. The van der Waals surface area contributed by atoms with Crippen molar-refractivity contribution in [2.75, 3.05) is 13.2 Å². The second-order valence-electron chi connectivity index (χ2n) is 6.36. The van der Waals surface area contributed by atoms with Crippen molar-refractivity contribution in [2.24, 2.45) is 0 Å². The molecule has 27 heavy (non-hydrogen) atoms. The Morgan fingerprint density at radius 1 is 1.19 bits per heavy atom. The number of carbonyl (C=O) groups is 2. The van der Waals surface area contributed by atoms with Crippen LogP contribution in [-0.2, 0) is 17.8 Å². The highest BCUT2D eigenvalue weighted by Crippen LogP contribution is 2.25. The van der Waals surface area contributed by atoms with Gasteiger partial charge in [-0.1, -0.05) is 36.4 Å². The maximum atomic E-state index is 13.3. The number of carbonyl (C=O) groups excluding carboxylic acids is 2. The molecule has 0 aliphatic heterocycles. The number of allylic oxidation sites excluding steroid dienone is 1. The second-order valence-corrected chi connectivity index (χ2v) is 6.36. The van der Waals surface area contributed by atoms with Crippen LogP contribution in [0.5, 0.6) is 0 Å².